The molecule has 0 aromatic carbocycles. The molecule has 86 valence electrons. The Balaban J connectivity index is 2.41. The van der Waals surface area contributed by atoms with Crippen LogP contribution in [0.5, 0.6) is 0 Å². The average Bonchev–Trinajstić information content (AvgIpc) is 2.63. The van der Waals surface area contributed by atoms with Crippen LogP contribution in [0.2, 0.25) is 0 Å². The van der Waals surface area contributed by atoms with Crippen LogP contribution in [0.25, 0.3) is 0 Å². The van der Waals surface area contributed by atoms with Gasteiger partial charge in [-0.3, -0.25) is 9.18 Å². The van der Waals surface area contributed by atoms with Crippen LogP contribution in [0.4, 0.5) is 13.2 Å². The molecule has 1 aliphatic heterocycles. The Hall–Kier alpha value is -1.66. The van der Waals surface area contributed by atoms with Gasteiger partial charge in [-0.2, -0.15) is 4.39 Å². The first-order chi connectivity index (χ1) is 7.63. The van der Waals surface area contributed by atoms with E-state index in [0.29, 0.717) is 6.20 Å². The predicted molar refractivity (Wildman–Crippen MR) is 47.2 cm³/mol. The van der Waals surface area contributed by atoms with Crippen molar-refractivity contribution in [2.24, 2.45) is 5.92 Å². The second-order valence-electron chi connectivity index (χ2n) is 3.51. The number of amides is 1. The van der Waals surface area contributed by atoms with Crippen LogP contribution < -0.4 is 5.32 Å². The molecule has 1 aromatic heterocycles. The van der Waals surface area contributed by atoms with Gasteiger partial charge >= 0.3 is 6.08 Å². The van der Waals surface area contributed by atoms with Crippen LogP contribution in [-0.2, 0) is 4.79 Å². The lowest BCUT2D eigenvalue weighted by atomic mass is 9.93. The molecule has 1 fully saturated rings. The maximum absolute atomic E-state index is 13.3. The summed E-state index contributed by atoms with van der Waals surface area (Å²) in [6.45, 7) is -0.695. The number of nitrogens with zero attached hydrogens (tertiary/aromatic N) is 2. The molecule has 1 amide bonds. The number of carbonyl (C=O) groups excluding carboxylic acids is 1. The van der Waals surface area contributed by atoms with Crippen molar-refractivity contribution in [3.05, 3.63) is 23.8 Å². The van der Waals surface area contributed by atoms with Crippen LogP contribution in [0, 0.1) is 17.8 Å². The molecule has 0 spiro atoms. The maximum Gasteiger partial charge on any atom is 0.309 e. The molecule has 1 aromatic rings. The van der Waals surface area contributed by atoms with Crippen LogP contribution in [0.1, 0.15) is 11.6 Å². The number of alkyl halides is 1. The molecule has 0 saturated carbocycles. The van der Waals surface area contributed by atoms with Crippen molar-refractivity contribution in [2.45, 2.75) is 5.92 Å². The van der Waals surface area contributed by atoms with E-state index in [-0.39, 0.29) is 12.2 Å². The highest BCUT2D eigenvalue weighted by Crippen LogP contribution is 2.29. The van der Waals surface area contributed by atoms with Crippen LogP contribution >= 0.6 is 0 Å². The van der Waals surface area contributed by atoms with Crippen molar-refractivity contribution in [2.75, 3.05) is 13.2 Å². The smallest absolute Gasteiger partial charge is 0.309 e. The van der Waals surface area contributed by atoms with E-state index >= 15 is 0 Å². The molecule has 16 heavy (non-hydrogen) atoms. The Morgan fingerprint density at radius 1 is 1.50 bits per heavy atom. The van der Waals surface area contributed by atoms with E-state index in [0.717, 1.165) is 0 Å². The standard InChI is InChI=1S/C9H8F3N3O/c10-1-4-2-13-8(16)6(4)7-5(11)3-14-9(12)15-7/h3-4,6H,1-2H2,(H,13,16)/t4?,6-/m1/s1. The van der Waals surface area contributed by atoms with Crippen LogP contribution in [0.15, 0.2) is 6.20 Å². The fraction of sp³-hybridized carbons (Fsp3) is 0.444. The number of carbonyl (C=O) groups is 1. The fourth-order valence-electron chi connectivity index (χ4n) is 1.74. The highest BCUT2D eigenvalue weighted by atomic mass is 19.1. The number of aromatic nitrogens is 2. The molecule has 0 bridgehead atoms. The maximum atomic E-state index is 13.3. The third-order valence-corrected chi connectivity index (χ3v) is 2.53. The molecular weight excluding hydrogens is 223 g/mol. The summed E-state index contributed by atoms with van der Waals surface area (Å²) in [5.41, 5.74) is -0.384. The topological polar surface area (TPSA) is 54.9 Å². The Morgan fingerprint density at radius 2 is 2.25 bits per heavy atom. The summed E-state index contributed by atoms with van der Waals surface area (Å²) in [6, 6.07) is 0. The molecule has 0 radical (unpaired) electrons. The van der Waals surface area contributed by atoms with Crippen molar-refractivity contribution in [1.82, 2.24) is 15.3 Å². The monoisotopic (exact) mass is 231 g/mol. The summed E-state index contributed by atoms with van der Waals surface area (Å²) in [6.07, 6.45) is -0.493. The Morgan fingerprint density at radius 3 is 2.94 bits per heavy atom. The number of hydrogen-bond donors (Lipinski definition) is 1. The molecule has 2 heterocycles. The molecule has 2 rings (SSSR count). The van der Waals surface area contributed by atoms with Crippen LogP contribution in [0.3, 0.4) is 0 Å². The number of rotatable bonds is 2. The van der Waals surface area contributed by atoms with Gasteiger partial charge in [0.1, 0.15) is 0 Å². The van der Waals surface area contributed by atoms with Crippen molar-refractivity contribution in [3.63, 3.8) is 0 Å². The molecule has 0 aliphatic carbocycles. The first kappa shape index (κ1) is 10.8. The molecule has 7 heteroatoms. The second-order valence-corrected chi connectivity index (χ2v) is 3.51. The van der Waals surface area contributed by atoms with Gasteiger partial charge in [-0.25, -0.2) is 14.4 Å². The lowest BCUT2D eigenvalue weighted by Crippen LogP contribution is -2.21. The van der Waals surface area contributed by atoms with Crippen molar-refractivity contribution in [3.8, 4) is 0 Å². The molecule has 2 atom stereocenters. The van der Waals surface area contributed by atoms with Gasteiger partial charge in [0.05, 0.1) is 24.5 Å². The Labute approximate surface area is 88.9 Å². The number of halogens is 3. The summed E-state index contributed by atoms with van der Waals surface area (Å²) in [4.78, 5) is 17.6. The van der Waals surface area contributed by atoms with E-state index < -0.39 is 36.3 Å². The Kier molecular flexibility index (Phi) is 2.76. The normalized spacial score (nSPS) is 24.6. The number of hydrogen-bond acceptors (Lipinski definition) is 3. The summed E-state index contributed by atoms with van der Waals surface area (Å²) in [5, 5.41) is 2.39. The van der Waals surface area contributed by atoms with E-state index in [1.807, 2.05) is 0 Å². The average molecular weight is 231 g/mol. The molecule has 1 unspecified atom stereocenters. The SMILES string of the molecule is O=C1NCC(CF)[C@@H]1c1nc(F)ncc1F. The van der Waals surface area contributed by atoms with Gasteiger partial charge in [-0.15, -0.1) is 0 Å². The minimum Gasteiger partial charge on any atom is -0.355 e. The van der Waals surface area contributed by atoms with E-state index in [2.05, 4.69) is 15.3 Å². The van der Waals surface area contributed by atoms with Crippen molar-refractivity contribution < 1.29 is 18.0 Å². The minimum absolute atomic E-state index is 0.102. The van der Waals surface area contributed by atoms with Gasteiger partial charge in [-0.05, 0) is 0 Å². The van der Waals surface area contributed by atoms with E-state index in [9.17, 15) is 18.0 Å². The quantitative estimate of drug-likeness (QED) is 0.756. The fourth-order valence-corrected chi connectivity index (χ4v) is 1.74. The molecular formula is C9H8F3N3O. The lowest BCUT2D eigenvalue weighted by Gasteiger charge is -2.12. The zero-order valence-corrected chi connectivity index (χ0v) is 8.08. The van der Waals surface area contributed by atoms with E-state index in [1.54, 1.807) is 0 Å². The number of nitrogens with one attached hydrogen (secondary N) is 1. The van der Waals surface area contributed by atoms with E-state index in [4.69, 9.17) is 0 Å². The molecule has 1 saturated heterocycles. The summed E-state index contributed by atoms with van der Waals surface area (Å²) in [7, 11) is 0. The van der Waals surface area contributed by atoms with Crippen molar-refractivity contribution >= 4 is 5.91 Å². The summed E-state index contributed by atoms with van der Waals surface area (Å²) >= 11 is 0. The first-order valence-corrected chi connectivity index (χ1v) is 4.65. The third kappa shape index (κ3) is 1.72. The largest absolute Gasteiger partial charge is 0.355 e. The van der Waals surface area contributed by atoms with Gasteiger partial charge in [0.25, 0.3) is 0 Å². The van der Waals surface area contributed by atoms with Crippen LogP contribution in [-0.4, -0.2) is 29.1 Å². The Bertz CT molecular complexity index is 426. The summed E-state index contributed by atoms with van der Waals surface area (Å²) < 4.78 is 38.6. The van der Waals surface area contributed by atoms with Crippen molar-refractivity contribution in [1.29, 1.82) is 0 Å². The van der Waals surface area contributed by atoms with Gasteiger partial charge in [0.2, 0.25) is 5.91 Å². The minimum atomic E-state index is -1.13. The van der Waals surface area contributed by atoms with Gasteiger partial charge < -0.3 is 5.32 Å². The highest BCUT2D eigenvalue weighted by Gasteiger charge is 2.39. The lowest BCUT2D eigenvalue weighted by molar-refractivity contribution is -0.120. The second kappa shape index (κ2) is 4.07. The predicted octanol–water partition coefficient (Wildman–Crippen LogP) is 0.554. The first-order valence-electron chi connectivity index (χ1n) is 4.65. The zero-order chi connectivity index (χ0) is 11.7. The van der Waals surface area contributed by atoms with E-state index in [1.165, 1.54) is 0 Å². The highest BCUT2D eigenvalue weighted by molar-refractivity contribution is 5.85. The van der Waals surface area contributed by atoms with Gasteiger partial charge in [0, 0.05) is 12.5 Å². The molecule has 1 N–H and O–H groups in total. The third-order valence-electron chi connectivity index (χ3n) is 2.53. The van der Waals surface area contributed by atoms with Gasteiger partial charge in [-0.1, -0.05) is 0 Å². The summed E-state index contributed by atoms with van der Waals surface area (Å²) in [5.74, 6) is -3.24. The molecule has 1 aliphatic rings. The van der Waals surface area contributed by atoms with Gasteiger partial charge in [0.15, 0.2) is 5.82 Å². The molecule has 4 nitrogen and oxygen atoms in total. The zero-order valence-electron chi connectivity index (χ0n) is 8.08.